The third-order valence-corrected chi connectivity index (χ3v) is 10.3. The van der Waals surface area contributed by atoms with Crippen LogP contribution in [0.5, 0.6) is 6.01 Å². The van der Waals surface area contributed by atoms with E-state index in [4.69, 9.17) is 19.7 Å². The van der Waals surface area contributed by atoms with E-state index in [1.807, 2.05) is 6.20 Å². The fraction of sp³-hybridized carbons (Fsp3) is 0.469. The molecule has 3 fully saturated rings. The molecule has 1 aliphatic carbocycles. The van der Waals surface area contributed by atoms with Gasteiger partial charge in [0.05, 0.1) is 22.1 Å². The Morgan fingerprint density at radius 3 is 2.50 bits per heavy atom. The lowest BCUT2D eigenvalue weighted by atomic mass is 9.77. The second-order valence-electron chi connectivity index (χ2n) is 12.0. The van der Waals surface area contributed by atoms with E-state index >= 15 is 0 Å². The highest BCUT2D eigenvalue weighted by atomic mass is 31.0. The van der Waals surface area contributed by atoms with E-state index in [1.54, 1.807) is 0 Å². The molecule has 1 unspecified atom stereocenters. The summed E-state index contributed by atoms with van der Waals surface area (Å²) in [6.07, 6.45) is 10.4. The van der Waals surface area contributed by atoms with Crippen molar-refractivity contribution in [1.29, 1.82) is 0 Å². The first-order valence-electron chi connectivity index (χ1n) is 14.8. The van der Waals surface area contributed by atoms with Gasteiger partial charge in [-0.3, -0.25) is 9.88 Å². The molecule has 0 radical (unpaired) electrons. The smallest absolute Gasteiger partial charge is 0.319 e. The minimum atomic E-state index is 0.117. The predicted molar refractivity (Wildman–Crippen MR) is 167 cm³/mol. The summed E-state index contributed by atoms with van der Waals surface area (Å²) in [6.45, 7) is 5.95. The van der Waals surface area contributed by atoms with Crippen LogP contribution in [-0.2, 0) is 0 Å². The summed E-state index contributed by atoms with van der Waals surface area (Å²) in [4.78, 5) is 17.6. The SMILES string of the molecule is CNC1(CNc2nc(OCC34CCCN3CCC4)nc3c(C)c(-c4cccc5cccc(P)c45)ncc23)CCC1. The van der Waals surface area contributed by atoms with Crippen molar-refractivity contribution in [2.24, 2.45) is 0 Å². The summed E-state index contributed by atoms with van der Waals surface area (Å²) in [5, 5.41) is 11.7. The zero-order valence-electron chi connectivity index (χ0n) is 23.6. The summed E-state index contributed by atoms with van der Waals surface area (Å²) in [7, 11) is 4.95. The first kappa shape index (κ1) is 26.1. The van der Waals surface area contributed by atoms with Crippen LogP contribution in [0.25, 0.3) is 32.9 Å². The largest absolute Gasteiger partial charge is 0.461 e. The van der Waals surface area contributed by atoms with Crippen molar-refractivity contribution in [1.82, 2.24) is 25.2 Å². The van der Waals surface area contributed by atoms with Crippen LogP contribution >= 0.6 is 9.24 Å². The molecule has 208 valence electrons. The summed E-state index contributed by atoms with van der Waals surface area (Å²) in [5.74, 6) is 0.806. The van der Waals surface area contributed by atoms with Gasteiger partial charge in [-0.15, -0.1) is 9.24 Å². The van der Waals surface area contributed by atoms with Gasteiger partial charge < -0.3 is 15.4 Å². The Morgan fingerprint density at radius 2 is 1.77 bits per heavy atom. The molecule has 0 amide bonds. The van der Waals surface area contributed by atoms with E-state index in [0.717, 1.165) is 40.1 Å². The number of aryl methyl sites for hydroxylation is 1. The van der Waals surface area contributed by atoms with E-state index in [1.165, 1.54) is 74.1 Å². The molecule has 1 atom stereocenters. The maximum Gasteiger partial charge on any atom is 0.319 e. The molecular weight excluding hydrogens is 515 g/mol. The van der Waals surface area contributed by atoms with Gasteiger partial charge in [0, 0.05) is 29.4 Å². The molecule has 2 aromatic heterocycles. The minimum Gasteiger partial charge on any atom is -0.461 e. The van der Waals surface area contributed by atoms with Crippen molar-refractivity contribution >= 4 is 42.0 Å². The van der Waals surface area contributed by atoms with Crippen molar-refractivity contribution < 1.29 is 4.74 Å². The number of fused-ring (bicyclic) bond motifs is 3. The molecule has 7 rings (SSSR count). The van der Waals surface area contributed by atoms with Crippen LogP contribution in [0.2, 0.25) is 0 Å². The van der Waals surface area contributed by atoms with Crippen molar-refractivity contribution in [2.45, 2.75) is 62.9 Å². The number of hydrogen-bond donors (Lipinski definition) is 2. The molecule has 2 N–H and O–H groups in total. The maximum atomic E-state index is 6.49. The molecule has 2 aromatic carbocycles. The van der Waals surface area contributed by atoms with Gasteiger partial charge in [-0.05, 0) is 88.1 Å². The van der Waals surface area contributed by atoms with E-state index < -0.39 is 0 Å². The second kappa shape index (κ2) is 10.2. The van der Waals surface area contributed by atoms with Gasteiger partial charge in [0.1, 0.15) is 12.4 Å². The Balaban J connectivity index is 1.31. The molecule has 3 aliphatic rings. The average molecular weight is 555 g/mol. The van der Waals surface area contributed by atoms with Crippen LogP contribution in [-0.4, -0.2) is 64.2 Å². The molecule has 4 heterocycles. The predicted octanol–water partition coefficient (Wildman–Crippen LogP) is 5.22. The summed E-state index contributed by atoms with van der Waals surface area (Å²) >= 11 is 0. The second-order valence-corrected chi connectivity index (χ2v) is 12.7. The van der Waals surface area contributed by atoms with E-state index in [0.29, 0.717) is 12.6 Å². The lowest BCUT2D eigenvalue weighted by molar-refractivity contribution is 0.108. The monoisotopic (exact) mass is 554 g/mol. The molecule has 40 heavy (non-hydrogen) atoms. The molecule has 7 nitrogen and oxygen atoms in total. The third-order valence-electron chi connectivity index (χ3n) is 9.87. The third kappa shape index (κ3) is 4.34. The summed E-state index contributed by atoms with van der Waals surface area (Å²) < 4.78 is 6.49. The Labute approximate surface area is 238 Å². The molecular formula is C32H39N6OP. The number of rotatable bonds is 8. The summed E-state index contributed by atoms with van der Waals surface area (Å²) in [6, 6.07) is 13.3. The maximum absolute atomic E-state index is 6.49. The molecule has 0 bridgehead atoms. The Morgan fingerprint density at radius 1 is 1.00 bits per heavy atom. The highest BCUT2D eigenvalue weighted by Gasteiger charge is 2.45. The molecule has 8 heteroatoms. The van der Waals surface area contributed by atoms with Crippen LogP contribution in [0, 0.1) is 6.92 Å². The van der Waals surface area contributed by atoms with Crippen LogP contribution in [0.15, 0.2) is 42.6 Å². The van der Waals surface area contributed by atoms with Crippen molar-refractivity contribution in [3.05, 3.63) is 48.2 Å². The normalized spacial score (nSPS) is 19.6. The fourth-order valence-electron chi connectivity index (χ4n) is 7.26. The topological polar surface area (TPSA) is 75.2 Å². The molecule has 0 spiro atoms. The number of nitrogens with one attached hydrogen (secondary N) is 2. The first-order chi connectivity index (χ1) is 19.5. The summed E-state index contributed by atoms with van der Waals surface area (Å²) in [5.41, 5.74) is 4.27. The number of pyridine rings is 1. The lowest BCUT2D eigenvalue weighted by Gasteiger charge is -2.42. The van der Waals surface area contributed by atoms with E-state index in [2.05, 4.69) is 75.1 Å². The average Bonchev–Trinajstić information content (AvgIpc) is 3.53. The zero-order valence-corrected chi connectivity index (χ0v) is 24.7. The van der Waals surface area contributed by atoms with Crippen LogP contribution < -0.4 is 20.7 Å². The van der Waals surface area contributed by atoms with Crippen LogP contribution in [0.1, 0.15) is 50.5 Å². The number of hydrogen-bond acceptors (Lipinski definition) is 7. The number of likely N-dealkylation sites (N-methyl/N-ethyl adjacent to an activating group) is 1. The van der Waals surface area contributed by atoms with Gasteiger partial charge in [0.2, 0.25) is 0 Å². The highest BCUT2D eigenvalue weighted by molar-refractivity contribution is 7.28. The molecule has 2 saturated heterocycles. The van der Waals surface area contributed by atoms with Gasteiger partial charge in [-0.1, -0.05) is 36.4 Å². The highest BCUT2D eigenvalue weighted by Crippen LogP contribution is 2.40. The number of ether oxygens (including phenoxy) is 1. The van der Waals surface area contributed by atoms with Crippen molar-refractivity contribution in [3.8, 4) is 17.3 Å². The van der Waals surface area contributed by atoms with Gasteiger partial charge in [0.25, 0.3) is 0 Å². The molecule has 2 aliphatic heterocycles. The molecule has 1 saturated carbocycles. The Hall–Kier alpha value is -2.86. The Kier molecular flexibility index (Phi) is 6.65. The number of anilines is 1. The first-order valence-corrected chi connectivity index (χ1v) is 15.3. The van der Waals surface area contributed by atoms with Gasteiger partial charge >= 0.3 is 6.01 Å². The van der Waals surface area contributed by atoms with Gasteiger partial charge in [-0.25, -0.2) is 0 Å². The van der Waals surface area contributed by atoms with Crippen molar-refractivity contribution in [3.63, 3.8) is 0 Å². The lowest BCUT2D eigenvalue weighted by Crippen LogP contribution is -2.54. The molecule has 4 aromatic rings. The van der Waals surface area contributed by atoms with E-state index in [-0.39, 0.29) is 11.1 Å². The quantitative estimate of drug-likeness (QED) is 0.290. The minimum absolute atomic E-state index is 0.117. The van der Waals surface area contributed by atoms with Crippen LogP contribution in [0.3, 0.4) is 0 Å². The number of nitrogens with zero attached hydrogens (tertiary/aromatic N) is 4. The standard InChI is InChI=1S/C32H39N6OP/c1-21-27(23-10-3-8-22-9-4-11-25(40)26(22)23)34-18-24-28(21)36-30(37-29(24)35-19-31(33-2)12-5-13-31)39-20-32-14-6-16-38(32)17-7-15-32/h3-4,8-11,18,33H,5-7,12-17,19-20,40H2,1-2H3,(H,35,36,37). The van der Waals surface area contributed by atoms with Crippen molar-refractivity contribution in [2.75, 3.05) is 38.6 Å². The van der Waals surface area contributed by atoms with Crippen LogP contribution in [0.4, 0.5) is 5.82 Å². The van der Waals surface area contributed by atoms with Gasteiger partial charge in [0.15, 0.2) is 0 Å². The number of aromatic nitrogens is 3. The van der Waals surface area contributed by atoms with Gasteiger partial charge in [-0.2, -0.15) is 9.97 Å². The fourth-order valence-corrected chi connectivity index (χ4v) is 7.70. The zero-order chi connectivity index (χ0) is 27.3. The number of benzene rings is 2. The van der Waals surface area contributed by atoms with E-state index in [9.17, 15) is 0 Å². The Bertz CT molecular complexity index is 1560.